The van der Waals surface area contributed by atoms with E-state index in [2.05, 4.69) is 13.5 Å². The number of rotatable bonds is 7. The van der Waals surface area contributed by atoms with Gasteiger partial charge in [0.25, 0.3) is 0 Å². The molecule has 4 heteroatoms. The van der Waals surface area contributed by atoms with Crippen LogP contribution in [0.1, 0.15) is 13.3 Å². The molecular formula is C12H20O3Si. The zero-order valence-electron chi connectivity index (χ0n) is 10.2. The number of hydrogen-bond acceptors (Lipinski definition) is 3. The normalized spacial score (nSPS) is 14.4. The maximum Gasteiger partial charge on any atom is 0.337 e. The van der Waals surface area contributed by atoms with Gasteiger partial charge in [-0.1, -0.05) is 31.5 Å². The second-order valence-corrected chi connectivity index (χ2v) is 7.27. The third-order valence-corrected chi connectivity index (χ3v) is 5.47. The molecule has 16 heavy (non-hydrogen) atoms. The zero-order valence-corrected chi connectivity index (χ0v) is 11.2. The van der Waals surface area contributed by atoms with Crippen molar-refractivity contribution in [2.24, 2.45) is 0 Å². The Balaban J connectivity index is 2.34. The quantitative estimate of drug-likeness (QED) is 0.541. The molecule has 1 unspecified atom stereocenters. The summed E-state index contributed by atoms with van der Waals surface area (Å²) in [7, 11) is -0.290. The molecule has 0 saturated heterocycles. The molecule has 90 valence electrons. The molecular weight excluding hydrogens is 220 g/mol. The molecule has 0 aliphatic rings. The lowest BCUT2D eigenvalue weighted by atomic mass is 10.3. The minimum absolute atomic E-state index is 0.264. The molecule has 0 fully saturated rings. The summed E-state index contributed by atoms with van der Waals surface area (Å²) in [6, 6.07) is 10.6. The molecule has 0 saturated carbocycles. The van der Waals surface area contributed by atoms with E-state index in [4.69, 9.17) is 13.6 Å². The lowest BCUT2D eigenvalue weighted by molar-refractivity contribution is 0.0792. The van der Waals surface area contributed by atoms with Gasteiger partial charge in [0.05, 0.1) is 0 Å². The van der Waals surface area contributed by atoms with Crippen LogP contribution >= 0.6 is 0 Å². The lowest BCUT2D eigenvalue weighted by Crippen LogP contribution is -2.38. The fourth-order valence-corrected chi connectivity index (χ4v) is 3.11. The van der Waals surface area contributed by atoms with Gasteiger partial charge in [-0.25, -0.2) is 0 Å². The monoisotopic (exact) mass is 240 g/mol. The summed E-state index contributed by atoms with van der Waals surface area (Å²) in [5.74, 6) is 0.825. The van der Waals surface area contributed by atoms with Crippen molar-refractivity contribution >= 4 is 8.56 Å². The van der Waals surface area contributed by atoms with Crippen LogP contribution in [0.3, 0.4) is 0 Å². The molecule has 0 aromatic heterocycles. The topological polar surface area (TPSA) is 27.7 Å². The van der Waals surface area contributed by atoms with Gasteiger partial charge in [-0.3, -0.25) is 0 Å². The van der Waals surface area contributed by atoms with Crippen molar-refractivity contribution in [1.29, 1.82) is 0 Å². The van der Waals surface area contributed by atoms with E-state index in [1.807, 2.05) is 30.3 Å². The average Bonchev–Trinajstić information content (AvgIpc) is 2.31. The van der Waals surface area contributed by atoms with E-state index >= 15 is 0 Å². The predicted molar refractivity (Wildman–Crippen MR) is 66.7 cm³/mol. The molecule has 1 rings (SSSR count). The highest BCUT2D eigenvalue weighted by atomic mass is 28.4. The first-order chi connectivity index (χ1) is 7.70. The first-order valence-electron chi connectivity index (χ1n) is 5.57. The molecule has 0 bridgehead atoms. The predicted octanol–water partition coefficient (Wildman–Crippen LogP) is 3.17. The van der Waals surface area contributed by atoms with Gasteiger partial charge in [-0.05, 0) is 24.7 Å². The highest BCUT2D eigenvalue weighted by Gasteiger charge is 2.29. The van der Waals surface area contributed by atoms with Crippen molar-refractivity contribution in [3.05, 3.63) is 30.3 Å². The van der Waals surface area contributed by atoms with Crippen LogP contribution in [0.15, 0.2) is 30.3 Å². The average molecular weight is 240 g/mol. The third kappa shape index (κ3) is 4.34. The number of para-hydroxylation sites is 1. The van der Waals surface area contributed by atoms with Crippen molar-refractivity contribution in [2.45, 2.75) is 25.9 Å². The van der Waals surface area contributed by atoms with E-state index in [-0.39, 0.29) is 6.79 Å². The Kier molecular flexibility index (Phi) is 5.52. The summed E-state index contributed by atoms with van der Waals surface area (Å²) in [6.45, 7) is 4.46. The van der Waals surface area contributed by atoms with Crippen LogP contribution < -0.4 is 4.74 Å². The van der Waals surface area contributed by atoms with Gasteiger partial charge in [0.2, 0.25) is 0 Å². The van der Waals surface area contributed by atoms with Crippen LogP contribution in [-0.4, -0.2) is 22.5 Å². The summed E-state index contributed by atoms with van der Waals surface area (Å²) in [5.41, 5.74) is 0. The van der Waals surface area contributed by atoms with Crippen LogP contribution in [0.2, 0.25) is 12.6 Å². The van der Waals surface area contributed by atoms with Crippen LogP contribution in [0.25, 0.3) is 0 Å². The summed E-state index contributed by atoms with van der Waals surface area (Å²) < 4.78 is 16.7. The molecule has 3 nitrogen and oxygen atoms in total. The van der Waals surface area contributed by atoms with Crippen LogP contribution in [0.5, 0.6) is 5.75 Å². The molecule has 0 aliphatic carbocycles. The fraction of sp³-hybridized carbons (Fsp3) is 0.500. The Morgan fingerprint density at radius 3 is 2.44 bits per heavy atom. The summed E-state index contributed by atoms with van der Waals surface area (Å²) in [5, 5.41) is 0. The minimum atomic E-state index is -2.00. The smallest absolute Gasteiger partial charge is 0.337 e. The molecule has 0 radical (unpaired) electrons. The highest BCUT2D eigenvalue weighted by molar-refractivity contribution is 6.65. The summed E-state index contributed by atoms with van der Waals surface area (Å²) >= 11 is 0. The minimum Gasteiger partial charge on any atom is -0.468 e. The molecule has 1 aromatic rings. The number of hydrogen-bond donors (Lipinski definition) is 0. The largest absolute Gasteiger partial charge is 0.468 e. The standard InChI is InChI=1S/C12H20O3Si/c1-4-10-16(3,13-2)15-11-14-12-8-6-5-7-9-12/h5-9H,4,10-11H2,1-3H3. The van der Waals surface area contributed by atoms with Crippen LogP contribution in [0.4, 0.5) is 0 Å². The van der Waals surface area contributed by atoms with E-state index in [0.29, 0.717) is 0 Å². The van der Waals surface area contributed by atoms with E-state index in [1.165, 1.54) is 0 Å². The van der Waals surface area contributed by atoms with E-state index < -0.39 is 8.56 Å². The first-order valence-corrected chi connectivity index (χ1v) is 8.09. The van der Waals surface area contributed by atoms with Gasteiger partial charge < -0.3 is 13.6 Å². The third-order valence-electron chi connectivity index (χ3n) is 2.47. The van der Waals surface area contributed by atoms with Crippen LogP contribution in [-0.2, 0) is 8.85 Å². The fourth-order valence-electron chi connectivity index (χ4n) is 1.43. The van der Waals surface area contributed by atoms with Crippen molar-refractivity contribution in [3.8, 4) is 5.75 Å². The van der Waals surface area contributed by atoms with Gasteiger partial charge in [-0.15, -0.1) is 0 Å². The zero-order chi connectivity index (χ0) is 11.9. The van der Waals surface area contributed by atoms with Gasteiger partial charge in [0, 0.05) is 7.11 Å². The maximum absolute atomic E-state index is 5.72. The molecule has 0 aliphatic heterocycles. The molecule has 0 amide bonds. The van der Waals surface area contributed by atoms with Crippen molar-refractivity contribution in [1.82, 2.24) is 0 Å². The number of benzene rings is 1. The molecule has 0 N–H and O–H groups in total. The molecule has 0 heterocycles. The van der Waals surface area contributed by atoms with Crippen molar-refractivity contribution < 1.29 is 13.6 Å². The SMILES string of the molecule is CCC[Si](C)(OC)OCOc1ccccc1. The molecule has 1 aromatic carbocycles. The molecule has 0 spiro atoms. The van der Waals surface area contributed by atoms with E-state index in [0.717, 1.165) is 18.2 Å². The molecule has 1 atom stereocenters. The van der Waals surface area contributed by atoms with E-state index in [1.54, 1.807) is 7.11 Å². The summed E-state index contributed by atoms with van der Waals surface area (Å²) in [6.07, 6.45) is 1.07. The van der Waals surface area contributed by atoms with Crippen LogP contribution in [0, 0.1) is 0 Å². The number of ether oxygens (including phenoxy) is 1. The van der Waals surface area contributed by atoms with Gasteiger partial charge in [0.1, 0.15) is 5.75 Å². The van der Waals surface area contributed by atoms with Gasteiger partial charge in [-0.2, -0.15) is 0 Å². The highest BCUT2D eigenvalue weighted by Crippen LogP contribution is 2.15. The Labute approximate surface area is 98.6 Å². The van der Waals surface area contributed by atoms with Gasteiger partial charge >= 0.3 is 8.56 Å². The summed E-state index contributed by atoms with van der Waals surface area (Å²) in [4.78, 5) is 0. The first kappa shape index (κ1) is 13.2. The Morgan fingerprint density at radius 2 is 1.88 bits per heavy atom. The van der Waals surface area contributed by atoms with Crippen molar-refractivity contribution in [3.63, 3.8) is 0 Å². The van der Waals surface area contributed by atoms with Gasteiger partial charge in [0.15, 0.2) is 6.79 Å². The Bertz CT molecular complexity index is 292. The second kappa shape index (κ2) is 6.68. The lowest BCUT2D eigenvalue weighted by Gasteiger charge is -2.24. The Hall–Kier alpha value is -0.843. The maximum atomic E-state index is 5.72. The second-order valence-electron chi connectivity index (χ2n) is 3.81. The Morgan fingerprint density at radius 1 is 1.19 bits per heavy atom. The van der Waals surface area contributed by atoms with E-state index in [9.17, 15) is 0 Å². The van der Waals surface area contributed by atoms with Crippen molar-refractivity contribution in [2.75, 3.05) is 13.9 Å².